The van der Waals surface area contributed by atoms with Crippen LogP contribution in [-0.4, -0.2) is 51.6 Å². The third-order valence-electron chi connectivity index (χ3n) is 5.30. The highest BCUT2D eigenvalue weighted by Gasteiger charge is 2.31. The van der Waals surface area contributed by atoms with Crippen molar-refractivity contribution in [1.82, 2.24) is 14.9 Å². The van der Waals surface area contributed by atoms with E-state index in [4.69, 9.17) is 0 Å². The van der Waals surface area contributed by atoms with Crippen LogP contribution in [0.25, 0.3) is 10.8 Å². The summed E-state index contributed by atoms with van der Waals surface area (Å²) in [7, 11) is 0. The van der Waals surface area contributed by atoms with Gasteiger partial charge in [0, 0.05) is 37.9 Å². The number of amides is 1. The molecule has 1 saturated heterocycles. The van der Waals surface area contributed by atoms with E-state index in [1.54, 1.807) is 4.90 Å². The number of carbonyl (C=O) groups excluding carboxylic acids is 1. The fourth-order valence-electron chi connectivity index (χ4n) is 3.81. The third kappa shape index (κ3) is 3.68. The van der Waals surface area contributed by atoms with Gasteiger partial charge in [0.15, 0.2) is 0 Å². The van der Waals surface area contributed by atoms with Gasteiger partial charge in [-0.05, 0) is 29.7 Å². The first-order chi connectivity index (χ1) is 13.7. The number of piperidine rings is 1. The predicted octanol–water partition coefficient (Wildman–Crippen LogP) is 3.05. The fourth-order valence-corrected chi connectivity index (χ4v) is 3.81. The maximum Gasteiger partial charge on any atom is 0.257 e. The summed E-state index contributed by atoms with van der Waals surface area (Å²) in [4.78, 5) is 22.8. The monoisotopic (exact) mass is 376 g/mol. The number of fused-ring (bicyclic) bond motifs is 1. The lowest BCUT2D eigenvalue weighted by Gasteiger charge is -2.36. The lowest BCUT2D eigenvalue weighted by Crippen LogP contribution is -2.45. The molecule has 6 nitrogen and oxygen atoms in total. The van der Waals surface area contributed by atoms with Crippen LogP contribution < -0.4 is 5.32 Å². The van der Waals surface area contributed by atoms with Crippen LogP contribution in [0.15, 0.2) is 54.9 Å². The molecule has 6 heteroatoms. The molecular formula is C22H24N4O2. The van der Waals surface area contributed by atoms with Crippen molar-refractivity contribution in [2.24, 2.45) is 0 Å². The van der Waals surface area contributed by atoms with Gasteiger partial charge in [-0.25, -0.2) is 9.97 Å². The smallest absolute Gasteiger partial charge is 0.257 e. The second kappa shape index (κ2) is 7.94. The summed E-state index contributed by atoms with van der Waals surface area (Å²) in [6.45, 7) is 3.60. The molecule has 1 aliphatic rings. The summed E-state index contributed by atoms with van der Waals surface area (Å²) in [6.07, 6.45) is 3.20. The molecule has 1 aromatic heterocycles. The zero-order valence-electron chi connectivity index (χ0n) is 15.9. The number of carbonyl (C=O) groups is 1. The number of β-amino-alcohol motifs (C(OH)–C–C–N with tert-alkyl or cyclic N) is 1. The number of rotatable bonds is 4. The largest absolute Gasteiger partial charge is 0.391 e. The van der Waals surface area contributed by atoms with Gasteiger partial charge in [0.2, 0.25) is 5.95 Å². The Hall–Kier alpha value is -2.99. The molecule has 0 spiro atoms. The normalized spacial score (nSPS) is 19.6. The number of likely N-dealkylation sites (tertiary alicyclic amines) is 1. The number of aliphatic hydroxyl groups is 1. The molecule has 144 valence electrons. The molecule has 0 saturated carbocycles. The Kier molecular flexibility index (Phi) is 5.21. The second-order valence-electron chi connectivity index (χ2n) is 7.15. The number of hydrogen-bond donors (Lipinski definition) is 2. The van der Waals surface area contributed by atoms with E-state index < -0.39 is 6.10 Å². The van der Waals surface area contributed by atoms with Crippen LogP contribution in [0.2, 0.25) is 0 Å². The van der Waals surface area contributed by atoms with Crippen molar-refractivity contribution >= 4 is 22.6 Å². The molecule has 2 aromatic carbocycles. The van der Waals surface area contributed by atoms with Crippen molar-refractivity contribution in [2.45, 2.75) is 25.4 Å². The van der Waals surface area contributed by atoms with Gasteiger partial charge in [0.1, 0.15) is 0 Å². The van der Waals surface area contributed by atoms with Crippen molar-refractivity contribution in [3.63, 3.8) is 0 Å². The molecule has 0 radical (unpaired) electrons. The minimum atomic E-state index is -0.596. The zero-order chi connectivity index (χ0) is 19.5. The predicted molar refractivity (Wildman–Crippen MR) is 109 cm³/mol. The molecule has 2 unspecified atom stereocenters. The maximum absolute atomic E-state index is 12.7. The molecule has 2 atom stereocenters. The van der Waals surface area contributed by atoms with E-state index in [1.165, 1.54) is 23.2 Å². The van der Waals surface area contributed by atoms with Crippen molar-refractivity contribution in [1.29, 1.82) is 0 Å². The summed E-state index contributed by atoms with van der Waals surface area (Å²) in [5.41, 5.74) is 1.56. The first-order valence-corrected chi connectivity index (χ1v) is 9.67. The van der Waals surface area contributed by atoms with E-state index in [9.17, 15) is 9.90 Å². The quantitative estimate of drug-likeness (QED) is 0.732. The van der Waals surface area contributed by atoms with E-state index in [1.807, 2.05) is 19.1 Å². The first kappa shape index (κ1) is 18.4. The average Bonchev–Trinajstić information content (AvgIpc) is 2.73. The molecule has 28 heavy (non-hydrogen) atoms. The number of aliphatic hydroxyl groups excluding tert-OH is 1. The summed E-state index contributed by atoms with van der Waals surface area (Å²) >= 11 is 0. The molecule has 4 rings (SSSR count). The highest BCUT2D eigenvalue weighted by Crippen LogP contribution is 2.31. The van der Waals surface area contributed by atoms with E-state index in [2.05, 4.69) is 45.6 Å². The number of anilines is 1. The molecular weight excluding hydrogens is 352 g/mol. The molecule has 0 bridgehead atoms. The highest BCUT2D eigenvalue weighted by atomic mass is 16.3. The van der Waals surface area contributed by atoms with Crippen LogP contribution in [0.4, 0.5) is 5.95 Å². The topological polar surface area (TPSA) is 78.4 Å². The number of hydrogen-bond acceptors (Lipinski definition) is 5. The third-order valence-corrected chi connectivity index (χ3v) is 5.30. The van der Waals surface area contributed by atoms with Gasteiger partial charge in [-0.1, -0.05) is 42.5 Å². The summed E-state index contributed by atoms with van der Waals surface area (Å²) in [5.74, 6) is 0.397. The van der Waals surface area contributed by atoms with Gasteiger partial charge in [-0.15, -0.1) is 0 Å². The Morgan fingerprint density at radius 1 is 1.18 bits per heavy atom. The fraction of sp³-hybridized carbons (Fsp3) is 0.318. The number of nitrogens with one attached hydrogen (secondary N) is 1. The van der Waals surface area contributed by atoms with E-state index in [-0.39, 0.29) is 11.8 Å². The molecule has 1 fully saturated rings. The van der Waals surface area contributed by atoms with Gasteiger partial charge in [-0.2, -0.15) is 0 Å². The summed E-state index contributed by atoms with van der Waals surface area (Å²) in [6, 6.07) is 14.5. The Morgan fingerprint density at radius 3 is 2.64 bits per heavy atom. The van der Waals surface area contributed by atoms with Crippen molar-refractivity contribution < 1.29 is 9.90 Å². The summed E-state index contributed by atoms with van der Waals surface area (Å²) < 4.78 is 0. The number of aromatic nitrogens is 2. The first-order valence-electron chi connectivity index (χ1n) is 9.67. The van der Waals surface area contributed by atoms with Gasteiger partial charge >= 0.3 is 0 Å². The van der Waals surface area contributed by atoms with Crippen molar-refractivity contribution in [3.8, 4) is 0 Å². The zero-order valence-corrected chi connectivity index (χ0v) is 15.9. The molecule has 2 heterocycles. The Balaban J connectivity index is 1.46. The minimum Gasteiger partial charge on any atom is -0.391 e. The van der Waals surface area contributed by atoms with Gasteiger partial charge in [-0.3, -0.25) is 4.79 Å². The molecule has 1 amide bonds. The van der Waals surface area contributed by atoms with Crippen LogP contribution in [0.5, 0.6) is 0 Å². The SMILES string of the molecule is CCNc1ncc(C(=O)N2CCC(c3ccc4ccccc4c3)C(O)C2)cn1. The van der Waals surface area contributed by atoms with Crippen LogP contribution in [0, 0.1) is 0 Å². The average molecular weight is 376 g/mol. The molecule has 3 aromatic rings. The molecule has 1 aliphatic heterocycles. The molecule has 2 N–H and O–H groups in total. The maximum atomic E-state index is 12.7. The lowest BCUT2D eigenvalue weighted by atomic mass is 9.86. The van der Waals surface area contributed by atoms with Crippen LogP contribution in [-0.2, 0) is 0 Å². The van der Waals surface area contributed by atoms with Gasteiger partial charge in [0.05, 0.1) is 11.7 Å². The Bertz CT molecular complexity index is 974. The van der Waals surface area contributed by atoms with Crippen LogP contribution in [0.1, 0.15) is 35.2 Å². The minimum absolute atomic E-state index is 0.0287. The van der Waals surface area contributed by atoms with Gasteiger partial charge < -0.3 is 15.3 Å². The van der Waals surface area contributed by atoms with Crippen LogP contribution >= 0.6 is 0 Å². The van der Waals surface area contributed by atoms with E-state index >= 15 is 0 Å². The summed E-state index contributed by atoms with van der Waals surface area (Å²) in [5, 5.41) is 16.1. The second-order valence-corrected chi connectivity index (χ2v) is 7.15. The van der Waals surface area contributed by atoms with Gasteiger partial charge in [0.25, 0.3) is 5.91 Å². The van der Waals surface area contributed by atoms with E-state index in [0.717, 1.165) is 18.5 Å². The van der Waals surface area contributed by atoms with Crippen LogP contribution in [0.3, 0.4) is 0 Å². The highest BCUT2D eigenvalue weighted by molar-refractivity contribution is 5.93. The lowest BCUT2D eigenvalue weighted by molar-refractivity contribution is 0.0381. The number of nitrogens with zero attached hydrogens (tertiary/aromatic N) is 3. The number of benzene rings is 2. The Labute approximate surface area is 164 Å². The van der Waals surface area contributed by atoms with Crippen molar-refractivity contribution in [3.05, 3.63) is 66.0 Å². The van der Waals surface area contributed by atoms with Crippen molar-refractivity contribution in [2.75, 3.05) is 25.0 Å². The van der Waals surface area contributed by atoms with E-state index in [0.29, 0.717) is 24.6 Å². The standard InChI is InChI=1S/C22H24N4O2/c1-2-23-22-24-12-18(13-25-22)21(28)26-10-9-19(20(27)14-26)17-8-7-15-5-3-4-6-16(15)11-17/h3-8,11-13,19-20,27H,2,9-10,14H2,1H3,(H,23,24,25). The Morgan fingerprint density at radius 2 is 1.93 bits per heavy atom. The molecule has 0 aliphatic carbocycles.